The molecule has 1 aliphatic heterocycles. The van der Waals surface area contributed by atoms with Gasteiger partial charge in [-0.25, -0.2) is 9.97 Å². The topological polar surface area (TPSA) is 89.5 Å². The SMILES string of the molecule is COc1ccc(OC)c(NC(=O)CSc2ncnc3nc(N4CCCCCC4)sc23)c1. The Bertz CT molecular complexity index is 1050. The fourth-order valence-corrected chi connectivity index (χ4v) is 5.40. The number of methoxy groups -OCH3 is 2. The Kier molecular flexibility index (Phi) is 7.08. The summed E-state index contributed by atoms with van der Waals surface area (Å²) in [5, 5.41) is 4.65. The lowest BCUT2D eigenvalue weighted by molar-refractivity contribution is -0.113. The lowest BCUT2D eigenvalue weighted by Gasteiger charge is -2.18. The minimum atomic E-state index is -0.152. The molecule has 3 heterocycles. The summed E-state index contributed by atoms with van der Waals surface area (Å²) < 4.78 is 11.5. The minimum Gasteiger partial charge on any atom is -0.497 e. The number of nitrogens with zero attached hydrogens (tertiary/aromatic N) is 4. The normalized spacial score (nSPS) is 14.3. The van der Waals surface area contributed by atoms with Gasteiger partial charge in [0.25, 0.3) is 0 Å². The number of amides is 1. The summed E-state index contributed by atoms with van der Waals surface area (Å²) in [6.07, 6.45) is 6.44. The molecule has 164 valence electrons. The molecule has 0 radical (unpaired) electrons. The maximum atomic E-state index is 12.6. The number of hydrogen-bond donors (Lipinski definition) is 1. The van der Waals surface area contributed by atoms with Crippen LogP contribution in [0.25, 0.3) is 10.3 Å². The fraction of sp³-hybridized carbons (Fsp3) is 0.429. The van der Waals surface area contributed by atoms with Crippen molar-refractivity contribution in [3.05, 3.63) is 24.5 Å². The summed E-state index contributed by atoms with van der Waals surface area (Å²) in [7, 11) is 3.15. The largest absolute Gasteiger partial charge is 0.497 e. The summed E-state index contributed by atoms with van der Waals surface area (Å²) >= 11 is 2.99. The van der Waals surface area contributed by atoms with Gasteiger partial charge in [-0.05, 0) is 25.0 Å². The van der Waals surface area contributed by atoms with Crippen molar-refractivity contribution >= 4 is 50.2 Å². The van der Waals surface area contributed by atoms with Crippen LogP contribution in [0.5, 0.6) is 11.5 Å². The number of hydrogen-bond acceptors (Lipinski definition) is 9. The number of carbonyl (C=O) groups excluding carboxylic acids is 1. The third-order valence-corrected chi connectivity index (χ3v) is 7.28. The van der Waals surface area contributed by atoms with Gasteiger partial charge in [-0.2, -0.15) is 4.98 Å². The van der Waals surface area contributed by atoms with Crippen LogP contribution in [0.2, 0.25) is 0 Å². The van der Waals surface area contributed by atoms with Crippen molar-refractivity contribution in [1.82, 2.24) is 15.0 Å². The minimum absolute atomic E-state index is 0.152. The highest BCUT2D eigenvalue weighted by Gasteiger charge is 2.18. The van der Waals surface area contributed by atoms with Gasteiger partial charge in [0.2, 0.25) is 5.91 Å². The van der Waals surface area contributed by atoms with Crippen molar-refractivity contribution in [1.29, 1.82) is 0 Å². The van der Waals surface area contributed by atoms with Crippen LogP contribution in [0.4, 0.5) is 10.8 Å². The maximum Gasteiger partial charge on any atom is 0.234 e. The zero-order chi connectivity index (χ0) is 21.6. The first kappa shape index (κ1) is 21.6. The fourth-order valence-electron chi connectivity index (χ4n) is 3.45. The van der Waals surface area contributed by atoms with Gasteiger partial charge < -0.3 is 19.7 Å². The Morgan fingerprint density at radius 2 is 1.97 bits per heavy atom. The third-order valence-electron chi connectivity index (χ3n) is 5.04. The van der Waals surface area contributed by atoms with Gasteiger partial charge in [0, 0.05) is 19.2 Å². The molecule has 1 aliphatic rings. The number of carbonyl (C=O) groups is 1. The van der Waals surface area contributed by atoms with E-state index in [-0.39, 0.29) is 11.7 Å². The Morgan fingerprint density at radius 3 is 2.71 bits per heavy atom. The molecule has 4 rings (SSSR count). The van der Waals surface area contributed by atoms with E-state index in [0.717, 1.165) is 27.9 Å². The molecule has 0 atom stereocenters. The standard InChI is InChI=1S/C21H25N5O3S2/c1-28-14-7-8-16(29-2)15(11-14)24-17(27)12-30-20-18-19(22-13-23-20)25-21(31-18)26-9-5-3-4-6-10-26/h7-8,11,13H,3-6,9-10,12H2,1-2H3,(H,24,27). The van der Waals surface area contributed by atoms with Crippen molar-refractivity contribution in [2.24, 2.45) is 0 Å². The van der Waals surface area contributed by atoms with Crippen LogP contribution in [0.1, 0.15) is 25.7 Å². The van der Waals surface area contributed by atoms with Gasteiger partial charge in [0.05, 0.1) is 25.7 Å². The first-order valence-electron chi connectivity index (χ1n) is 10.2. The number of fused-ring (bicyclic) bond motifs is 1. The Hall–Kier alpha value is -2.59. The molecule has 3 aromatic rings. The first-order chi connectivity index (χ1) is 15.2. The lowest BCUT2D eigenvalue weighted by Crippen LogP contribution is -2.23. The van der Waals surface area contributed by atoms with Gasteiger partial charge >= 0.3 is 0 Å². The van der Waals surface area contributed by atoms with Crippen LogP contribution in [0, 0.1) is 0 Å². The molecule has 0 spiro atoms. The van der Waals surface area contributed by atoms with Crippen LogP contribution in [0.3, 0.4) is 0 Å². The van der Waals surface area contributed by atoms with E-state index in [4.69, 9.17) is 14.5 Å². The molecular weight excluding hydrogens is 434 g/mol. The van der Waals surface area contributed by atoms with Crippen molar-refractivity contribution in [2.75, 3.05) is 43.3 Å². The monoisotopic (exact) mass is 459 g/mol. The van der Waals surface area contributed by atoms with Crippen molar-refractivity contribution in [3.8, 4) is 11.5 Å². The van der Waals surface area contributed by atoms with Crippen molar-refractivity contribution in [2.45, 2.75) is 30.7 Å². The van der Waals surface area contributed by atoms with Gasteiger partial charge in [-0.1, -0.05) is 35.9 Å². The van der Waals surface area contributed by atoms with Crippen molar-refractivity contribution < 1.29 is 14.3 Å². The predicted octanol–water partition coefficient (Wildman–Crippen LogP) is 4.21. The number of aromatic nitrogens is 3. The number of thiazole rings is 1. The molecule has 8 nitrogen and oxygen atoms in total. The van der Waals surface area contributed by atoms with Crippen molar-refractivity contribution in [3.63, 3.8) is 0 Å². The second-order valence-corrected chi connectivity index (χ2v) is 9.07. The lowest BCUT2D eigenvalue weighted by atomic mass is 10.2. The molecule has 0 bridgehead atoms. The summed E-state index contributed by atoms with van der Waals surface area (Å²) in [6, 6.07) is 5.28. The van der Waals surface area contributed by atoms with E-state index >= 15 is 0 Å². The van der Waals surface area contributed by atoms with Crippen LogP contribution >= 0.6 is 23.1 Å². The molecule has 1 fully saturated rings. The Labute approximate surface area is 189 Å². The molecule has 31 heavy (non-hydrogen) atoms. The average Bonchev–Trinajstić information content (AvgIpc) is 3.04. The molecule has 0 aliphatic carbocycles. The highest BCUT2D eigenvalue weighted by molar-refractivity contribution is 8.00. The van der Waals surface area contributed by atoms with E-state index < -0.39 is 0 Å². The second kappa shape index (κ2) is 10.1. The molecule has 0 unspecified atom stereocenters. The number of thioether (sulfide) groups is 1. The van der Waals surface area contributed by atoms with Crippen LogP contribution in [-0.4, -0.2) is 53.9 Å². The summed E-state index contributed by atoms with van der Waals surface area (Å²) in [6.45, 7) is 2.06. The number of anilines is 2. The van der Waals surface area contributed by atoms with E-state index in [1.807, 2.05) is 0 Å². The van der Waals surface area contributed by atoms with Crippen LogP contribution in [0.15, 0.2) is 29.6 Å². The first-order valence-corrected chi connectivity index (χ1v) is 12.0. The van der Waals surface area contributed by atoms with E-state index in [1.165, 1.54) is 43.8 Å². The predicted molar refractivity (Wildman–Crippen MR) is 125 cm³/mol. The number of ether oxygens (including phenoxy) is 2. The average molecular weight is 460 g/mol. The summed E-state index contributed by atoms with van der Waals surface area (Å²) in [4.78, 5) is 28.4. The molecule has 1 saturated heterocycles. The smallest absolute Gasteiger partial charge is 0.234 e. The molecule has 0 saturated carbocycles. The Morgan fingerprint density at radius 1 is 1.16 bits per heavy atom. The highest BCUT2D eigenvalue weighted by atomic mass is 32.2. The van der Waals surface area contributed by atoms with E-state index in [9.17, 15) is 4.79 Å². The highest BCUT2D eigenvalue weighted by Crippen LogP contribution is 2.35. The summed E-state index contributed by atoms with van der Waals surface area (Å²) in [5.41, 5.74) is 1.26. The molecule has 1 N–H and O–H groups in total. The zero-order valence-electron chi connectivity index (χ0n) is 17.6. The number of nitrogens with one attached hydrogen (secondary N) is 1. The molecule has 10 heteroatoms. The van der Waals surface area contributed by atoms with Crippen LogP contribution in [-0.2, 0) is 4.79 Å². The van der Waals surface area contributed by atoms with Gasteiger partial charge in [-0.3, -0.25) is 4.79 Å². The maximum absolute atomic E-state index is 12.6. The summed E-state index contributed by atoms with van der Waals surface area (Å²) in [5.74, 6) is 1.28. The molecule has 1 aromatic carbocycles. The van der Waals surface area contributed by atoms with Gasteiger partial charge in [0.1, 0.15) is 27.6 Å². The van der Waals surface area contributed by atoms with E-state index in [2.05, 4.69) is 20.2 Å². The van der Waals surface area contributed by atoms with E-state index in [0.29, 0.717) is 22.8 Å². The zero-order valence-corrected chi connectivity index (χ0v) is 19.2. The van der Waals surface area contributed by atoms with Gasteiger partial charge in [0.15, 0.2) is 10.8 Å². The van der Waals surface area contributed by atoms with Gasteiger partial charge in [-0.15, -0.1) is 0 Å². The van der Waals surface area contributed by atoms with Crippen LogP contribution < -0.4 is 19.7 Å². The third kappa shape index (κ3) is 5.19. The number of benzene rings is 1. The quantitative estimate of drug-likeness (QED) is 0.415. The van der Waals surface area contributed by atoms with E-state index in [1.54, 1.807) is 43.8 Å². The second-order valence-electron chi connectivity index (χ2n) is 7.13. The molecular formula is C21H25N5O3S2. The molecule has 2 aromatic heterocycles. The molecule has 1 amide bonds. The number of rotatable bonds is 7. The Balaban J connectivity index is 1.46.